The molecule has 0 unspecified atom stereocenters. The Labute approximate surface area is 115 Å². The van der Waals surface area contributed by atoms with Crippen molar-refractivity contribution in [1.82, 2.24) is 14.7 Å². The highest BCUT2D eigenvalue weighted by Gasteiger charge is 2.48. The molecule has 20 heavy (non-hydrogen) atoms. The van der Waals surface area contributed by atoms with Crippen molar-refractivity contribution in [1.29, 1.82) is 0 Å². The normalized spacial score (nSPS) is 19.6. The maximum atomic E-state index is 12.9. The summed E-state index contributed by atoms with van der Waals surface area (Å²) in [5.41, 5.74) is 0.755. The lowest BCUT2D eigenvalue weighted by atomic mass is 10.2. The first kappa shape index (κ1) is 14.9. The van der Waals surface area contributed by atoms with Gasteiger partial charge in [0.25, 0.3) is 5.91 Å². The van der Waals surface area contributed by atoms with Gasteiger partial charge in [0, 0.05) is 19.3 Å². The standard InChI is InChI=1S/C13H18F3N3O/c1-3-6-18-8-10(9(2)17-18)12(20)19-7-4-5-11(19)13(14,15)16/h8,11H,3-7H2,1-2H3/t11-/m1/s1. The molecule has 0 saturated carbocycles. The highest BCUT2D eigenvalue weighted by atomic mass is 19.4. The summed E-state index contributed by atoms with van der Waals surface area (Å²) in [4.78, 5) is 13.2. The monoisotopic (exact) mass is 289 g/mol. The second-order valence-corrected chi connectivity index (χ2v) is 5.09. The van der Waals surface area contributed by atoms with Gasteiger partial charge in [-0.1, -0.05) is 6.92 Å². The maximum Gasteiger partial charge on any atom is 0.408 e. The topological polar surface area (TPSA) is 38.1 Å². The van der Waals surface area contributed by atoms with Crippen LogP contribution in [0.5, 0.6) is 0 Å². The molecule has 0 bridgehead atoms. The molecule has 112 valence electrons. The van der Waals surface area contributed by atoms with E-state index in [4.69, 9.17) is 0 Å². The number of carbonyl (C=O) groups excluding carboxylic acids is 1. The maximum absolute atomic E-state index is 12.9. The second kappa shape index (κ2) is 5.46. The summed E-state index contributed by atoms with van der Waals surface area (Å²) in [6.45, 7) is 4.43. The molecule has 2 heterocycles. The fourth-order valence-corrected chi connectivity index (χ4v) is 2.58. The summed E-state index contributed by atoms with van der Waals surface area (Å²) in [5, 5.41) is 4.17. The molecule has 0 aliphatic carbocycles. The minimum Gasteiger partial charge on any atom is -0.326 e. The molecule has 1 aliphatic rings. The Morgan fingerprint density at radius 1 is 1.50 bits per heavy atom. The summed E-state index contributed by atoms with van der Waals surface area (Å²) in [6.07, 6.45) is -1.59. The number of halogens is 3. The van der Waals surface area contributed by atoms with Gasteiger partial charge >= 0.3 is 6.18 Å². The fraction of sp³-hybridized carbons (Fsp3) is 0.692. The van der Waals surface area contributed by atoms with Crippen LogP contribution in [0, 0.1) is 6.92 Å². The number of carbonyl (C=O) groups is 1. The lowest BCUT2D eigenvalue weighted by Crippen LogP contribution is -2.44. The molecule has 4 nitrogen and oxygen atoms in total. The molecular formula is C13H18F3N3O. The molecule has 0 aromatic carbocycles. The molecule has 7 heteroatoms. The number of alkyl halides is 3. The van der Waals surface area contributed by atoms with E-state index in [0.717, 1.165) is 11.3 Å². The third kappa shape index (κ3) is 2.81. The van der Waals surface area contributed by atoms with Crippen LogP contribution in [0.25, 0.3) is 0 Å². The number of rotatable bonds is 3. The Bertz CT molecular complexity index is 496. The Balaban J connectivity index is 2.22. The number of aryl methyl sites for hydroxylation is 2. The summed E-state index contributed by atoms with van der Waals surface area (Å²) < 4.78 is 40.3. The highest BCUT2D eigenvalue weighted by Crippen LogP contribution is 2.33. The first-order chi connectivity index (χ1) is 9.34. The Kier molecular flexibility index (Phi) is 4.06. The van der Waals surface area contributed by atoms with Gasteiger partial charge in [0.15, 0.2) is 0 Å². The van der Waals surface area contributed by atoms with E-state index in [0.29, 0.717) is 18.7 Å². The van der Waals surface area contributed by atoms with E-state index < -0.39 is 18.1 Å². The number of hydrogen-bond acceptors (Lipinski definition) is 2. The van der Waals surface area contributed by atoms with Crippen LogP contribution >= 0.6 is 0 Å². The van der Waals surface area contributed by atoms with Gasteiger partial charge in [0.1, 0.15) is 6.04 Å². The van der Waals surface area contributed by atoms with E-state index >= 15 is 0 Å². The van der Waals surface area contributed by atoms with Crippen molar-refractivity contribution in [2.75, 3.05) is 6.54 Å². The summed E-state index contributed by atoms with van der Waals surface area (Å²) in [5.74, 6) is -0.565. The number of aromatic nitrogens is 2. The molecule has 0 spiro atoms. The summed E-state index contributed by atoms with van der Waals surface area (Å²) in [7, 11) is 0. The molecular weight excluding hydrogens is 271 g/mol. The number of amides is 1. The SMILES string of the molecule is CCCn1cc(C(=O)N2CCC[C@@H]2C(F)(F)F)c(C)n1. The van der Waals surface area contributed by atoms with Gasteiger partial charge in [0.2, 0.25) is 0 Å². The third-order valence-corrected chi connectivity index (χ3v) is 3.52. The van der Waals surface area contributed by atoms with Gasteiger partial charge in [-0.25, -0.2) is 0 Å². The van der Waals surface area contributed by atoms with Gasteiger partial charge in [-0.05, 0) is 26.2 Å². The average molecular weight is 289 g/mol. The quantitative estimate of drug-likeness (QED) is 0.858. The van der Waals surface area contributed by atoms with Crippen LogP contribution < -0.4 is 0 Å². The predicted molar refractivity (Wildman–Crippen MR) is 67.4 cm³/mol. The molecule has 2 rings (SSSR count). The van der Waals surface area contributed by atoms with Gasteiger partial charge in [-0.15, -0.1) is 0 Å². The number of likely N-dealkylation sites (tertiary alicyclic amines) is 1. The summed E-state index contributed by atoms with van der Waals surface area (Å²) >= 11 is 0. The highest BCUT2D eigenvalue weighted by molar-refractivity contribution is 5.95. The fourth-order valence-electron chi connectivity index (χ4n) is 2.58. The van der Waals surface area contributed by atoms with Crippen LogP contribution in [0.3, 0.4) is 0 Å². The number of nitrogens with zero attached hydrogens (tertiary/aromatic N) is 3. The van der Waals surface area contributed by atoms with Gasteiger partial charge in [-0.2, -0.15) is 18.3 Å². The zero-order valence-electron chi connectivity index (χ0n) is 11.6. The van der Waals surface area contributed by atoms with Crippen molar-refractivity contribution in [3.8, 4) is 0 Å². The van der Waals surface area contributed by atoms with Crippen molar-refractivity contribution in [3.05, 3.63) is 17.5 Å². The molecule has 0 radical (unpaired) electrons. The van der Waals surface area contributed by atoms with Crippen LogP contribution in [0.2, 0.25) is 0 Å². The lowest BCUT2D eigenvalue weighted by molar-refractivity contribution is -0.169. The zero-order valence-corrected chi connectivity index (χ0v) is 11.6. The average Bonchev–Trinajstić information content (AvgIpc) is 2.94. The Hall–Kier alpha value is -1.53. The largest absolute Gasteiger partial charge is 0.408 e. The minimum absolute atomic E-state index is 0.0165. The second-order valence-electron chi connectivity index (χ2n) is 5.09. The van der Waals surface area contributed by atoms with Crippen LogP contribution in [0.15, 0.2) is 6.20 Å². The minimum atomic E-state index is -4.36. The number of hydrogen-bond donors (Lipinski definition) is 0. The molecule has 1 atom stereocenters. The third-order valence-electron chi connectivity index (χ3n) is 3.52. The van der Waals surface area contributed by atoms with Crippen LogP contribution in [-0.4, -0.2) is 39.4 Å². The molecule has 1 aromatic heterocycles. The first-order valence-corrected chi connectivity index (χ1v) is 6.76. The van der Waals surface area contributed by atoms with Crippen molar-refractivity contribution >= 4 is 5.91 Å². The Morgan fingerprint density at radius 3 is 2.80 bits per heavy atom. The predicted octanol–water partition coefficient (Wildman–Crippen LogP) is 2.77. The van der Waals surface area contributed by atoms with E-state index in [1.165, 1.54) is 0 Å². The van der Waals surface area contributed by atoms with E-state index in [-0.39, 0.29) is 18.5 Å². The first-order valence-electron chi connectivity index (χ1n) is 6.76. The molecule has 1 aromatic rings. The smallest absolute Gasteiger partial charge is 0.326 e. The molecule has 0 N–H and O–H groups in total. The lowest BCUT2D eigenvalue weighted by Gasteiger charge is -2.26. The molecule has 1 amide bonds. The van der Waals surface area contributed by atoms with E-state index in [1.807, 2.05) is 6.92 Å². The van der Waals surface area contributed by atoms with Gasteiger partial charge in [0.05, 0.1) is 11.3 Å². The molecule has 1 fully saturated rings. The zero-order chi connectivity index (χ0) is 14.9. The van der Waals surface area contributed by atoms with Crippen molar-refractivity contribution in [2.45, 2.75) is 51.9 Å². The van der Waals surface area contributed by atoms with Crippen molar-refractivity contribution < 1.29 is 18.0 Å². The summed E-state index contributed by atoms with van der Waals surface area (Å²) in [6, 6.07) is -1.66. The van der Waals surface area contributed by atoms with Gasteiger partial charge < -0.3 is 4.90 Å². The Morgan fingerprint density at radius 2 is 2.20 bits per heavy atom. The van der Waals surface area contributed by atoms with Crippen molar-refractivity contribution in [3.63, 3.8) is 0 Å². The van der Waals surface area contributed by atoms with E-state index in [2.05, 4.69) is 5.10 Å². The molecule has 1 saturated heterocycles. The molecule has 1 aliphatic heterocycles. The van der Waals surface area contributed by atoms with E-state index in [9.17, 15) is 18.0 Å². The van der Waals surface area contributed by atoms with Crippen LogP contribution in [0.1, 0.15) is 42.2 Å². The van der Waals surface area contributed by atoms with Crippen molar-refractivity contribution in [2.24, 2.45) is 0 Å². The van der Waals surface area contributed by atoms with Gasteiger partial charge in [-0.3, -0.25) is 9.48 Å². The van der Waals surface area contributed by atoms with E-state index in [1.54, 1.807) is 17.8 Å². The van der Waals surface area contributed by atoms with Crippen LogP contribution in [-0.2, 0) is 6.54 Å². The van der Waals surface area contributed by atoms with Crippen LogP contribution in [0.4, 0.5) is 13.2 Å².